The summed E-state index contributed by atoms with van der Waals surface area (Å²) in [5.74, 6) is 1.66. The second kappa shape index (κ2) is 4.24. The molecule has 1 fully saturated rings. The summed E-state index contributed by atoms with van der Waals surface area (Å²) in [4.78, 5) is 2.30. The fraction of sp³-hybridized carbons (Fsp3) is 1.00. The number of rotatable bonds is 4. The van der Waals surface area contributed by atoms with E-state index in [1.165, 1.54) is 12.8 Å². The maximum Gasteiger partial charge on any atom is 0.0558 e. The molecule has 1 aliphatic carbocycles. The second-order valence-corrected chi connectivity index (χ2v) is 4.26. The number of hydrogen-bond donors (Lipinski definition) is 1. The van der Waals surface area contributed by atoms with Crippen LogP contribution in [-0.4, -0.2) is 36.2 Å². The van der Waals surface area contributed by atoms with Crippen LogP contribution in [0.5, 0.6) is 0 Å². The van der Waals surface area contributed by atoms with Gasteiger partial charge in [0, 0.05) is 12.6 Å². The van der Waals surface area contributed by atoms with Gasteiger partial charge in [-0.3, -0.25) is 0 Å². The fourth-order valence-electron chi connectivity index (χ4n) is 2.16. The molecule has 0 bridgehead atoms. The molecule has 2 unspecified atom stereocenters. The highest BCUT2D eigenvalue weighted by molar-refractivity contribution is 4.89. The molecule has 0 saturated heterocycles. The quantitative estimate of drug-likeness (QED) is 0.690. The lowest BCUT2D eigenvalue weighted by Gasteiger charge is -2.45. The molecule has 0 aromatic rings. The normalized spacial score (nSPS) is 29.5. The van der Waals surface area contributed by atoms with Gasteiger partial charge >= 0.3 is 0 Å². The minimum atomic E-state index is 0.289. The summed E-state index contributed by atoms with van der Waals surface area (Å²) in [5.41, 5.74) is 0. The first kappa shape index (κ1) is 10.0. The zero-order valence-electron chi connectivity index (χ0n) is 8.45. The average molecular weight is 171 g/mol. The number of hydrogen-bond acceptors (Lipinski definition) is 2. The van der Waals surface area contributed by atoms with Crippen LogP contribution in [0.2, 0.25) is 0 Å². The Hall–Kier alpha value is -0.0800. The van der Waals surface area contributed by atoms with E-state index in [1.807, 2.05) is 0 Å². The number of aliphatic hydroxyl groups is 1. The van der Waals surface area contributed by atoms with E-state index in [-0.39, 0.29) is 6.61 Å². The Bertz CT molecular complexity index is 136. The van der Waals surface area contributed by atoms with Crippen molar-refractivity contribution in [1.82, 2.24) is 4.90 Å². The summed E-state index contributed by atoms with van der Waals surface area (Å²) >= 11 is 0. The molecule has 0 aliphatic heterocycles. The van der Waals surface area contributed by atoms with E-state index in [0.717, 1.165) is 24.4 Å². The van der Waals surface area contributed by atoms with E-state index in [9.17, 15) is 0 Å². The van der Waals surface area contributed by atoms with Gasteiger partial charge in [0.25, 0.3) is 0 Å². The van der Waals surface area contributed by atoms with Crippen LogP contribution in [0.25, 0.3) is 0 Å². The molecule has 1 rings (SSSR count). The van der Waals surface area contributed by atoms with Crippen molar-refractivity contribution in [3.8, 4) is 0 Å². The smallest absolute Gasteiger partial charge is 0.0558 e. The second-order valence-electron chi connectivity index (χ2n) is 4.26. The molecule has 2 atom stereocenters. The van der Waals surface area contributed by atoms with Gasteiger partial charge in [0.2, 0.25) is 0 Å². The molecule has 0 aromatic carbocycles. The lowest BCUT2D eigenvalue weighted by atomic mass is 9.72. The summed E-state index contributed by atoms with van der Waals surface area (Å²) < 4.78 is 0. The summed E-state index contributed by atoms with van der Waals surface area (Å²) in [6.07, 6.45) is 2.69. The largest absolute Gasteiger partial charge is 0.395 e. The van der Waals surface area contributed by atoms with Crippen molar-refractivity contribution in [2.24, 2.45) is 11.8 Å². The molecule has 0 amide bonds. The highest BCUT2D eigenvalue weighted by atomic mass is 16.3. The van der Waals surface area contributed by atoms with Gasteiger partial charge in [-0.25, -0.2) is 0 Å². The Kier molecular flexibility index (Phi) is 3.53. The predicted octanol–water partition coefficient (Wildman–Crippen LogP) is 1.35. The zero-order valence-corrected chi connectivity index (χ0v) is 8.45. The number of aliphatic hydroxyl groups excluding tert-OH is 1. The minimum Gasteiger partial charge on any atom is -0.395 e. The molecule has 1 N–H and O–H groups in total. The van der Waals surface area contributed by atoms with E-state index in [2.05, 4.69) is 25.8 Å². The van der Waals surface area contributed by atoms with E-state index >= 15 is 0 Å². The van der Waals surface area contributed by atoms with Gasteiger partial charge < -0.3 is 10.0 Å². The maximum atomic E-state index is 8.79. The van der Waals surface area contributed by atoms with Gasteiger partial charge in [-0.1, -0.05) is 13.8 Å². The van der Waals surface area contributed by atoms with E-state index in [0.29, 0.717) is 0 Å². The first-order valence-corrected chi connectivity index (χ1v) is 4.98. The van der Waals surface area contributed by atoms with Crippen molar-refractivity contribution < 1.29 is 5.11 Å². The number of likely N-dealkylation sites (N-methyl/N-ethyl adjacent to an activating group) is 1. The third kappa shape index (κ3) is 1.99. The van der Waals surface area contributed by atoms with E-state index < -0.39 is 0 Å². The topological polar surface area (TPSA) is 23.5 Å². The summed E-state index contributed by atoms with van der Waals surface area (Å²) in [5, 5.41) is 8.79. The molecule has 72 valence electrons. The van der Waals surface area contributed by atoms with Crippen LogP contribution in [0.1, 0.15) is 26.7 Å². The maximum absolute atomic E-state index is 8.79. The Labute approximate surface area is 75.6 Å². The van der Waals surface area contributed by atoms with Crippen LogP contribution in [0.3, 0.4) is 0 Å². The van der Waals surface area contributed by atoms with Crippen molar-refractivity contribution in [3.63, 3.8) is 0 Å². The molecule has 12 heavy (non-hydrogen) atoms. The van der Waals surface area contributed by atoms with E-state index in [1.54, 1.807) is 0 Å². The van der Waals surface area contributed by atoms with Gasteiger partial charge in [-0.05, 0) is 31.7 Å². The monoisotopic (exact) mass is 171 g/mol. The average Bonchev–Trinajstić information content (AvgIpc) is 1.82. The van der Waals surface area contributed by atoms with Crippen LogP contribution in [0.15, 0.2) is 0 Å². The Balaban J connectivity index is 2.32. The molecule has 2 heteroatoms. The van der Waals surface area contributed by atoms with Crippen LogP contribution in [-0.2, 0) is 0 Å². The standard InChI is InChI=1S/C10H21NO/c1-8(2)9-4-5-10(9)11(3)6-7-12/h8-10,12H,4-7H2,1-3H3. The van der Waals surface area contributed by atoms with Gasteiger partial charge in [-0.2, -0.15) is 0 Å². The summed E-state index contributed by atoms with van der Waals surface area (Å²) in [6, 6.07) is 0.733. The van der Waals surface area contributed by atoms with Crippen LogP contribution < -0.4 is 0 Å². The van der Waals surface area contributed by atoms with Gasteiger partial charge in [-0.15, -0.1) is 0 Å². The molecule has 1 saturated carbocycles. The molecular formula is C10H21NO. The van der Waals surface area contributed by atoms with E-state index in [4.69, 9.17) is 5.11 Å². The summed E-state index contributed by atoms with van der Waals surface area (Å²) in [7, 11) is 2.12. The van der Waals surface area contributed by atoms with Crippen molar-refractivity contribution in [1.29, 1.82) is 0 Å². The molecule has 0 heterocycles. The first-order valence-electron chi connectivity index (χ1n) is 4.98. The minimum absolute atomic E-state index is 0.289. The van der Waals surface area contributed by atoms with Gasteiger partial charge in [0.1, 0.15) is 0 Å². The lowest BCUT2D eigenvalue weighted by Crippen LogP contribution is -2.48. The molecular weight excluding hydrogens is 150 g/mol. The Morgan fingerprint density at radius 1 is 1.42 bits per heavy atom. The highest BCUT2D eigenvalue weighted by Crippen LogP contribution is 2.36. The molecule has 0 spiro atoms. The van der Waals surface area contributed by atoms with Crippen molar-refractivity contribution >= 4 is 0 Å². The summed E-state index contributed by atoms with van der Waals surface area (Å²) in [6.45, 7) is 5.71. The fourth-order valence-corrected chi connectivity index (χ4v) is 2.16. The third-order valence-electron chi connectivity index (χ3n) is 3.17. The molecule has 0 radical (unpaired) electrons. The Morgan fingerprint density at radius 3 is 2.42 bits per heavy atom. The van der Waals surface area contributed by atoms with Gasteiger partial charge in [0.15, 0.2) is 0 Å². The van der Waals surface area contributed by atoms with Crippen LogP contribution in [0.4, 0.5) is 0 Å². The molecule has 1 aliphatic rings. The van der Waals surface area contributed by atoms with Crippen molar-refractivity contribution in [2.75, 3.05) is 20.2 Å². The van der Waals surface area contributed by atoms with Crippen LogP contribution >= 0.6 is 0 Å². The Morgan fingerprint density at radius 2 is 2.08 bits per heavy atom. The van der Waals surface area contributed by atoms with Crippen LogP contribution in [0, 0.1) is 11.8 Å². The number of nitrogens with zero attached hydrogens (tertiary/aromatic N) is 1. The first-order chi connectivity index (χ1) is 5.66. The highest BCUT2D eigenvalue weighted by Gasteiger charge is 2.35. The lowest BCUT2D eigenvalue weighted by molar-refractivity contribution is 0.0432. The van der Waals surface area contributed by atoms with Crippen molar-refractivity contribution in [3.05, 3.63) is 0 Å². The third-order valence-corrected chi connectivity index (χ3v) is 3.17. The molecule has 0 aromatic heterocycles. The van der Waals surface area contributed by atoms with Gasteiger partial charge in [0.05, 0.1) is 6.61 Å². The SMILES string of the molecule is CC(C)C1CCC1N(C)CCO. The van der Waals surface area contributed by atoms with Crippen molar-refractivity contribution in [2.45, 2.75) is 32.7 Å². The zero-order chi connectivity index (χ0) is 9.14. The molecule has 2 nitrogen and oxygen atoms in total. The predicted molar refractivity (Wildman–Crippen MR) is 51.1 cm³/mol.